The minimum Gasteiger partial charge on any atom is -0.391 e. The van der Waals surface area contributed by atoms with Gasteiger partial charge in [-0.1, -0.05) is 157 Å². The molecule has 0 unspecified atom stereocenters. The predicted octanol–water partition coefficient (Wildman–Crippen LogP) is 7.93. The van der Waals surface area contributed by atoms with E-state index in [9.17, 15) is 0 Å². The van der Waals surface area contributed by atoms with Crippen molar-refractivity contribution in [2.24, 2.45) is 5.16 Å². The smallest absolute Gasteiger partial charge is 0.142 e. The molecule has 6 rings (SSSR count). The van der Waals surface area contributed by atoms with Gasteiger partial charge in [0.25, 0.3) is 0 Å². The summed E-state index contributed by atoms with van der Waals surface area (Å²) in [5.41, 5.74) is 5.23. The third kappa shape index (κ3) is 10.7. The maximum atomic E-state index is 6.78. The van der Waals surface area contributed by atoms with Crippen molar-refractivity contribution >= 4 is 6.21 Å². The van der Waals surface area contributed by atoms with Gasteiger partial charge in [0.1, 0.15) is 37.1 Å². The maximum Gasteiger partial charge on any atom is 0.142 e. The molecule has 5 aromatic carbocycles. The molecule has 1 fully saturated rings. The summed E-state index contributed by atoms with van der Waals surface area (Å²) in [6.45, 7) is 2.15. The van der Waals surface area contributed by atoms with Crippen LogP contribution < -0.4 is 0 Å². The molecule has 0 amide bonds. The summed E-state index contributed by atoms with van der Waals surface area (Å²) in [5, 5.41) is 4.36. The van der Waals surface area contributed by atoms with Gasteiger partial charge in [0.2, 0.25) is 0 Å². The second kappa shape index (κ2) is 18.8. The normalized spacial score (nSPS) is 20.7. The third-order valence-electron chi connectivity index (χ3n) is 8.28. The van der Waals surface area contributed by atoms with E-state index >= 15 is 0 Å². The molecule has 0 saturated carbocycles. The first-order valence-corrected chi connectivity index (χ1v) is 16.7. The first-order valence-electron chi connectivity index (χ1n) is 16.7. The minimum atomic E-state index is -0.609. The Morgan fingerprint density at radius 1 is 0.449 bits per heavy atom. The molecule has 1 heterocycles. The molecule has 1 aliphatic heterocycles. The Kier molecular flexibility index (Phi) is 13.1. The Hall–Kier alpha value is -4.63. The predicted molar refractivity (Wildman–Crippen MR) is 190 cm³/mol. The van der Waals surface area contributed by atoms with Crippen molar-refractivity contribution in [3.8, 4) is 0 Å². The molecule has 1 aliphatic rings. The minimum absolute atomic E-state index is 0.278. The highest BCUT2D eigenvalue weighted by molar-refractivity contribution is 5.64. The van der Waals surface area contributed by atoms with Crippen molar-refractivity contribution in [1.29, 1.82) is 0 Å². The zero-order chi connectivity index (χ0) is 33.4. The van der Waals surface area contributed by atoms with Gasteiger partial charge < -0.3 is 28.5 Å². The van der Waals surface area contributed by atoms with Crippen LogP contribution in [0, 0.1) is 0 Å². The molecule has 0 N–H and O–H groups in total. The van der Waals surface area contributed by atoms with Crippen LogP contribution in [0.5, 0.6) is 0 Å². The first kappa shape index (κ1) is 34.2. The average Bonchev–Trinajstić information content (AvgIpc) is 3.16. The molecular weight excluding hydrogens is 614 g/mol. The van der Waals surface area contributed by atoms with E-state index in [1.54, 1.807) is 6.21 Å². The summed E-state index contributed by atoms with van der Waals surface area (Å²) >= 11 is 0. The van der Waals surface area contributed by atoms with Gasteiger partial charge in [-0.25, -0.2) is 0 Å². The molecule has 1 saturated heterocycles. The lowest BCUT2D eigenvalue weighted by molar-refractivity contribution is -0.258. The van der Waals surface area contributed by atoms with Crippen LogP contribution in [0.3, 0.4) is 0 Å². The highest BCUT2D eigenvalue weighted by Crippen LogP contribution is 2.30. The standard InChI is InChI=1S/C42H43NO6/c1-6-16-33(17-7-1)27-44-32-39-41(46-29-35-20-10-3-11-21-35)42(47-30-36-22-12-4-13-23-36)40(45-28-34-18-8-2-9-19-34)38(49-39)26-43-48-31-37-24-14-5-15-25-37/h1-26,38-42H,27-32H2/b43-26+/t38-,39+,40+,41+,42+/m0/s1. The lowest BCUT2D eigenvalue weighted by Crippen LogP contribution is -2.61. The van der Waals surface area contributed by atoms with Crippen LogP contribution in [0.1, 0.15) is 27.8 Å². The van der Waals surface area contributed by atoms with E-state index in [2.05, 4.69) is 17.3 Å². The molecule has 252 valence electrons. The number of hydrogen-bond acceptors (Lipinski definition) is 7. The number of rotatable bonds is 17. The Balaban J connectivity index is 1.28. The molecule has 49 heavy (non-hydrogen) atoms. The van der Waals surface area contributed by atoms with Crippen LogP contribution >= 0.6 is 0 Å². The lowest BCUT2D eigenvalue weighted by Gasteiger charge is -2.45. The topological polar surface area (TPSA) is 67.7 Å². The van der Waals surface area contributed by atoms with E-state index in [4.69, 9.17) is 28.5 Å². The van der Waals surface area contributed by atoms with E-state index in [1.807, 2.05) is 140 Å². The fourth-order valence-corrected chi connectivity index (χ4v) is 5.73. The molecule has 0 aliphatic carbocycles. The summed E-state index contributed by atoms with van der Waals surface area (Å²) in [7, 11) is 0. The number of oxime groups is 1. The monoisotopic (exact) mass is 657 g/mol. The van der Waals surface area contributed by atoms with Crippen molar-refractivity contribution in [3.05, 3.63) is 179 Å². The van der Waals surface area contributed by atoms with Crippen molar-refractivity contribution in [2.45, 2.75) is 63.6 Å². The molecule has 0 bridgehead atoms. The van der Waals surface area contributed by atoms with E-state index in [-0.39, 0.29) is 6.61 Å². The molecule has 7 nitrogen and oxygen atoms in total. The molecule has 7 heteroatoms. The van der Waals surface area contributed by atoms with Gasteiger partial charge in [-0.3, -0.25) is 0 Å². The van der Waals surface area contributed by atoms with Crippen molar-refractivity contribution in [3.63, 3.8) is 0 Å². The van der Waals surface area contributed by atoms with Gasteiger partial charge in [0.15, 0.2) is 0 Å². The molecule has 0 aromatic heterocycles. The van der Waals surface area contributed by atoms with Crippen LogP contribution in [0.25, 0.3) is 0 Å². The summed E-state index contributed by atoms with van der Waals surface area (Å²) in [6.07, 6.45) is -1.04. The Bertz CT molecular complexity index is 1640. The molecule has 5 aromatic rings. The van der Waals surface area contributed by atoms with Crippen molar-refractivity contribution < 1.29 is 28.5 Å². The van der Waals surface area contributed by atoms with Crippen LogP contribution in [-0.2, 0) is 61.6 Å². The summed E-state index contributed by atoms with van der Waals surface area (Å²) in [5.74, 6) is 0. The Labute approximate surface area is 289 Å². The van der Waals surface area contributed by atoms with Crippen LogP contribution in [0.2, 0.25) is 0 Å². The van der Waals surface area contributed by atoms with Gasteiger partial charge in [-0.05, 0) is 27.8 Å². The first-order chi connectivity index (χ1) is 24.3. The Morgan fingerprint density at radius 2 is 0.837 bits per heavy atom. The number of nitrogens with zero attached hydrogens (tertiary/aromatic N) is 1. The van der Waals surface area contributed by atoms with Gasteiger partial charge in [0, 0.05) is 0 Å². The molecule has 5 atom stereocenters. The van der Waals surface area contributed by atoms with Gasteiger partial charge >= 0.3 is 0 Å². The highest BCUT2D eigenvalue weighted by atomic mass is 16.6. The van der Waals surface area contributed by atoms with Gasteiger partial charge in [-0.15, -0.1) is 0 Å². The fourth-order valence-electron chi connectivity index (χ4n) is 5.73. The molecule has 0 radical (unpaired) electrons. The molecule has 0 spiro atoms. The largest absolute Gasteiger partial charge is 0.391 e. The number of hydrogen-bond donors (Lipinski definition) is 0. The van der Waals surface area contributed by atoms with Crippen LogP contribution in [0.4, 0.5) is 0 Å². The second-order valence-corrected chi connectivity index (χ2v) is 11.9. The van der Waals surface area contributed by atoms with Crippen LogP contribution in [-0.4, -0.2) is 43.3 Å². The highest BCUT2D eigenvalue weighted by Gasteiger charge is 2.48. The van der Waals surface area contributed by atoms with Crippen LogP contribution in [0.15, 0.2) is 157 Å². The number of ether oxygens (including phenoxy) is 5. The zero-order valence-corrected chi connectivity index (χ0v) is 27.5. The summed E-state index contributed by atoms with van der Waals surface area (Å²) in [6, 6.07) is 50.3. The zero-order valence-electron chi connectivity index (χ0n) is 27.5. The average molecular weight is 658 g/mol. The van der Waals surface area contributed by atoms with Crippen molar-refractivity contribution in [2.75, 3.05) is 6.61 Å². The fraction of sp³-hybridized carbons (Fsp3) is 0.262. The number of benzene rings is 5. The summed E-state index contributed by atoms with van der Waals surface area (Å²) < 4.78 is 33.2. The lowest BCUT2D eigenvalue weighted by atomic mass is 9.94. The van der Waals surface area contributed by atoms with E-state index in [0.29, 0.717) is 33.0 Å². The SMILES string of the molecule is C(=N\OCc1ccccc1)/[C@@H]1O[C@H](COCc2ccccc2)[C@@H](OCc2ccccc2)[C@H](OCc2ccccc2)[C@@H]1OCc1ccccc1. The third-order valence-corrected chi connectivity index (χ3v) is 8.28. The van der Waals surface area contributed by atoms with Crippen molar-refractivity contribution in [1.82, 2.24) is 0 Å². The van der Waals surface area contributed by atoms with Gasteiger partial charge in [0.05, 0.1) is 39.2 Å². The maximum absolute atomic E-state index is 6.78. The Morgan fingerprint density at radius 3 is 1.31 bits per heavy atom. The van der Waals surface area contributed by atoms with E-state index in [1.165, 1.54) is 0 Å². The summed E-state index contributed by atoms with van der Waals surface area (Å²) in [4.78, 5) is 5.74. The second-order valence-electron chi connectivity index (χ2n) is 11.9. The molecular formula is C42H43NO6. The van der Waals surface area contributed by atoms with E-state index < -0.39 is 30.5 Å². The van der Waals surface area contributed by atoms with E-state index in [0.717, 1.165) is 27.8 Å². The van der Waals surface area contributed by atoms with Gasteiger partial charge in [-0.2, -0.15) is 0 Å². The quantitative estimate of drug-likeness (QED) is 0.0748.